The summed E-state index contributed by atoms with van der Waals surface area (Å²) in [6.07, 6.45) is 1.05. The van der Waals surface area contributed by atoms with E-state index in [1.165, 1.54) is 22.4 Å². The number of fused-ring (bicyclic) bond motifs is 1. The SMILES string of the molecule is NC1=NS(=O)(=O)N(Cc2ccccc2)c2c1ncn2[C@@H]1CS[C@@H](CO)O1. The zero-order valence-corrected chi connectivity index (χ0v) is 15.2. The minimum atomic E-state index is -4.00. The minimum Gasteiger partial charge on any atom is -0.393 e. The van der Waals surface area contributed by atoms with E-state index in [9.17, 15) is 13.5 Å². The summed E-state index contributed by atoms with van der Waals surface area (Å²) in [5.74, 6) is 0.738. The van der Waals surface area contributed by atoms with Crippen molar-refractivity contribution in [2.24, 2.45) is 10.1 Å². The van der Waals surface area contributed by atoms with Crippen LogP contribution in [0, 0.1) is 0 Å². The second-order valence-corrected chi connectivity index (χ2v) is 8.52. The summed E-state index contributed by atoms with van der Waals surface area (Å²) in [5.41, 5.74) is 6.58. The second-order valence-electron chi connectivity index (χ2n) is 5.81. The number of rotatable bonds is 4. The third-order valence-corrected chi connectivity index (χ3v) is 6.50. The standard InChI is InChI=1S/C15H17N5O4S2/c16-14-13-15(19(9-17-13)11-8-25-12(7-21)24-11)20(26(22,23)18-14)6-10-4-2-1-3-5-10/h1-5,9,11-12,21H,6-8H2,(H2,16,18)/t11-,12-/m0/s1. The van der Waals surface area contributed by atoms with Crippen LogP contribution in [0.15, 0.2) is 41.1 Å². The van der Waals surface area contributed by atoms with Gasteiger partial charge >= 0.3 is 10.2 Å². The molecule has 0 radical (unpaired) electrons. The van der Waals surface area contributed by atoms with Gasteiger partial charge in [-0.15, -0.1) is 16.2 Å². The Morgan fingerprint density at radius 2 is 2.12 bits per heavy atom. The molecule has 1 aromatic heterocycles. The number of aliphatic hydroxyl groups is 1. The third-order valence-electron chi connectivity index (χ3n) is 4.10. The van der Waals surface area contributed by atoms with Crippen LogP contribution in [-0.2, 0) is 21.5 Å². The topological polar surface area (TPSA) is 123 Å². The number of aliphatic hydroxyl groups excluding tert-OH is 1. The van der Waals surface area contributed by atoms with Gasteiger partial charge in [0.1, 0.15) is 17.4 Å². The molecule has 3 N–H and O–H groups in total. The summed E-state index contributed by atoms with van der Waals surface area (Å²) in [6.45, 7) is -0.0182. The zero-order valence-electron chi connectivity index (χ0n) is 13.6. The normalized spacial score (nSPS) is 24.3. The average Bonchev–Trinajstić information content (AvgIpc) is 3.25. The first-order valence-electron chi connectivity index (χ1n) is 7.87. The number of nitrogens with two attached hydrogens (primary N) is 1. The van der Waals surface area contributed by atoms with Gasteiger partial charge < -0.3 is 15.6 Å². The van der Waals surface area contributed by atoms with E-state index in [-0.39, 0.29) is 24.4 Å². The molecule has 0 unspecified atom stereocenters. The summed E-state index contributed by atoms with van der Waals surface area (Å²) < 4.78 is 37.6. The van der Waals surface area contributed by atoms with Crippen LogP contribution < -0.4 is 10.0 Å². The van der Waals surface area contributed by atoms with Crippen LogP contribution in [0.25, 0.3) is 0 Å². The third kappa shape index (κ3) is 2.96. The van der Waals surface area contributed by atoms with Crippen molar-refractivity contribution >= 4 is 33.6 Å². The first kappa shape index (κ1) is 17.3. The van der Waals surface area contributed by atoms with Crippen molar-refractivity contribution in [1.82, 2.24) is 9.55 Å². The van der Waals surface area contributed by atoms with Crippen molar-refractivity contribution in [3.05, 3.63) is 47.9 Å². The molecule has 138 valence electrons. The Labute approximate surface area is 154 Å². The molecule has 2 aliphatic heterocycles. The van der Waals surface area contributed by atoms with E-state index in [1.807, 2.05) is 30.3 Å². The molecule has 0 aliphatic carbocycles. The average molecular weight is 395 g/mol. The quantitative estimate of drug-likeness (QED) is 0.770. The molecule has 1 saturated heterocycles. The number of imidazole rings is 1. The molecule has 0 amide bonds. The number of aromatic nitrogens is 2. The predicted molar refractivity (Wildman–Crippen MR) is 98.0 cm³/mol. The zero-order chi connectivity index (χ0) is 18.3. The number of benzene rings is 1. The van der Waals surface area contributed by atoms with Crippen LogP contribution in [0.1, 0.15) is 17.5 Å². The number of hydrogen-bond acceptors (Lipinski definition) is 7. The van der Waals surface area contributed by atoms with E-state index < -0.39 is 16.4 Å². The molecule has 9 nitrogen and oxygen atoms in total. The van der Waals surface area contributed by atoms with E-state index in [0.29, 0.717) is 17.3 Å². The number of ether oxygens (including phenoxy) is 1. The Kier molecular flexibility index (Phi) is 4.39. The Morgan fingerprint density at radius 1 is 1.35 bits per heavy atom. The lowest BCUT2D eigenvalue weighted by Crippen LogP contribution is -2.38. The molecule has 2 aliphatic rings. The molecule has 2 aromatic rings. The van der Waals surface area contributed by atoms with Crippen LogP contribution >= 0.6 is 11.8 Å². The molecule has 1 fully saturated rings. The predicted octanol–water partition coefficient (Wildman–Crippen LogP) is 0.434. The van der Waals surface area contributed by atoms with Gasteiger partial charge in [0.15, 0.2) is 11.7 Å². The van der Waals surface area contributed by atoms with Gasteiger partial charge in [0.2, 0.25) is 0 Å². The maximum atomic E-state index is 12.7. The lowest BCUT2D eigenvalue weighted by atomic mass is 10.2. The van der Waals surface area contributed by atoms with E-state index in [1.54, 1.807) is 4.57 Å². The highest BCUT2D eigenvalue weighted by Crippen LogP contribution is 2.37. The first-order valence-corrected chi connectivity index (χ1v) is 10.3. The Bertz CT molecular complexity index is 944. The van der Waals surface area contributed by atoms with Crippen LogP contribution in [0.2, 0.25) is 0 Å². The monoisotopic (exact) mass is 395 g/mol. The van der Waals surface area contributed by atoms with Crippen molar-refractivity contribution in [3.8, 4) is 0 Å². The van der Waals surface area contributed by atoms with Crippen LogP contribution in [-0.4, -0.2) is 46.7 Å². The molecule has 4 rings (SSSR count). The van der Waals surface area contributed by atoms with Gasteiger partial charge in [0.25, 0.3) is 0 Å². The summed E-state index contributed by atoms with van der Waals surface area (Å²) in [7, 11) is -4.00. The molecule has 26 heavy (non-hydrogen) atoms. The minimum absolute atomic E-state index is 0.0991. The van der Waals surface area contributed by atoms with Gasteiger partial charge in [-0.2, -0.15) is 8.42 Å². The van der Waals surface area contributed by atoms with E-state index in [0.717, 1.165) is 5.56 Å². The maximum Gasteiger partial charge on any atom is 0.348 e. The molecule has 0 bridgehead atoms. The molecule has 2 atom stereocenters. The fraction of sp³-hybridized carbons (Fsp3) is 0.333. The lowest BCUT2D eigenvalue weighted by Gasteiger charge is -2.28. The highest BCUT2D eigenvalue weighted by molar-refractivity contribution is 8.00. The first-order chi connectivity index (χ1) is 12.5. The van der Waals surface area contributed by atoms with Crippen molar-refractivity contribution in [1.29, 1.82) is 0 Å². The molecular formula is C15H17N5O4S2. The highest BCUT2D eigenvalue weighted by Gasteiger charge is 2.38. The summed E-state index contributed by atoms with van der Waals surface area (Å²) >= 11 is 1.45. The van der Waals surface area contributed by atoms with Gasteiger partial charge in [-0.25, -0.2) is 9.29 Å². The Balaban J connectivity index is 1.77. The molecule has 11 heteroatoms. The van der Waals surface area contributed by atoms with Gasteiger partial charge in [-0.05, 0) is 5.56 Å². The summed E-state index contributed by atoms with van der Waals surface area (Å²) in [4.78, 5) is 4.24. The molecule has 3 heterocycles. The number of amidine groups is 1. The Hall–Kier alpha value is -2.08. The van der Waals surface area contributed by atoms with Crippen LogP contribution in [0.3, 0.4) is 0 Å². The molecule has 0 saturated carbocycles. The van der Waals surface area contributed by atoms with Gasteiger partial charge in [-0.1, -0.05) is 30.3 Å². The molecule has 0 spiro atoms. The van der Waals surface area contributed by atoms with E-state index >= 15 is 0 Å². The van der Waals surface area contributed by atoms with Gasteiger partial charge in [0, 0.05) is 5.75 Å². The molecule has 1 aromatic carbocycles. The van der Waals surface area contributed by atoms with E-state index in [2.05, 4.69) is 9.38 Å². The van der Waals surface area contributed by atoms with Gasteiger partial charge in [0.05, 0.1) is 19.5 Å². The fourth-order valence-corrected chi connectivity index (χ4v) is 4.99. The van der Waals surface area contributed by atoms with Crippen molar-refractivity contribution in [2.45, 2.75) is 18.2 Å². The highest BCUT2D eigenvalue weighted by atomic mass is 32.2. The largest absolute Gasteiger partial charge is 0.393 e. The van der Waals surface area contributed by atoms with E-state index in [4.69, 9.17) is 10.5 Å². The number of thioether (sulfide) groups is 1. The lowest BCUT2D eigenvalue weighted by molar-refractivity contribution is -0.00298. The summed E-state index contributed by atoms with van der Waals surface area (Å²) in [5, 5.41) is 9.28. The van der Waals surface area contributed by atoms with Crippen molar-refractivity contribution < 1.29 is 18.3 Å². The number of nitrogens with zero attached hydrogens (tertiary/aromatic N) is 4. The Morgan fingerprint density at radius 3 is 2.81 bits per heavy atom. The molecular weight excluding hydrogens is 378 g/mol. The smallest absolute Gasteiger partial charge is 0.348 e. The van der Waals surface area contributed by atoms with Gasteiger partial charge in [-0.3, -0.25) is 4.57 Å². The van der Waals surface area contributed by atoms with Crippen LogP contribution in [0.4, 0.5) is 5.82 Å². The summed E-state index contributed by atoms with van der Waals surface area (Å²) in [6, 6.07) is 9.20. The maximum absolute atomic E-state index is 12.7. The number of anilines is 1. The number of hydrogen-bond donors (Lipinski definition) is 2. The fourth-order valence-electron chi connectivity index (χ4n) is 2.91. The van der Waals surface area contributed by atoms with Crippen LogP contribution in [0.5, 0.6) is 0 Å². The van der Waals surface area contributed by atoms with Crippen molar-refractivity contribution in [3.63, 3.8) is 0 Å². The van der Waals surface area contributed by atoms with Crippen molar-refractivity contribution in [2.75, 3.05) is 16.7 Å². The second kappa shape index (κ2) is 6.58.